The van der Waals surface area contributed by atoms with E-state index >= 15 is 0 Å². The molecule has 0 radical (unpaired) electrons. The van der Waals surface area contributed by atoms with Crippen molar-refractivity contribution < 1.29 is 4.74 Å². The zero-order valence-electron chi connectivity index (χ0n) is 12.1. The van der Waals surface area contributed by atoms with Gasteiger partial charge in [-0.3, -0.25) is 0 Å². The summed E-state index contributed by atoms with van der Waals surface area (Å²) in [5, 5.41) is 0.320. The smallest absolute Gasteiger partial charge is 0.127 e. The summed E-state index contributed by atoms with van der Waals surface area (Å²) in [6.07, 6.45) is 2.17. The highest BCUT2D eigenvalue weighted by atomic mass is 16.5. The van der Waals surface area contributed by atoms with Gasteiger partial charge in [0.2, 0.25) is 0 Å². The fraction of sp³-hybridized carbons (Fsp3) is 1.00. The molecule has 4 heteroatoms. The third-order valence-electron chi connectivity index (χ3n) is 2.98. The first-order valence-electron chi connectivity index (χ1n) is 6.58. The van der Waals surface area contributed by atoms with Gasteiger partial charge in [0.1, 0.15) is 7.17 Å². The van der Waals surface area contributed by atoms with Crippen LogP contribution in [0.1, 0.15) is 54.4 Å². The van der Waals surface area contributed by atoms with Gasteiger partial charge in [0.15, 0.2) is 0 Å². The van der Waals surface area contributed by atoms with E-state index in [2.05, 4.69) is 41.5 Å². The van der Waals surface area contributed by atoms with E-state index in [1.165, 1.54) is 7.17 Å². The van der Waals surface area contributed by atoms with Crippen LogP contribution in [0.5, 0.6) is 0 Å². The van der Waals surface area contributed by atoms with Crippen molar-refractivity contribution in [2.45, 2.75) is 71.2 Å². The summed E-state index contributed by atoms with van der Waals surface area (Å²) in [5.74, 6) is 0. The maximum atomic E-state index is 5.87. The minimum absolute atomic E-state index is 0.00508. The van der Waals surface area contributed by atoms with Gasteiger partial charge >= 0.3 is 0 Å². The Balaban J connectivity index is 4.01. The van der Waals surface area contributed by atoms with Gasteiger partial charge in [0.25, 0.3) is 0 Å². The summed E-state index contributed by atoms with van der Waals surface area (Å²) in [4.78, 5) is 0. The highest BCUT2D eigenvalue weighted by Gasteiger charge is 2.27. The Bertz CT molecular complexity index is 193. The Hall–Kier alpha value is 0.0499. The molecule has 0 fully saturated rings. The molecule has 0 rings (SSSR count). The fourth-order valence-electron chi connectivity index (χ4n) is 2.06. The number of hydrogen-bond donors (Lipinski definition) is 1. The second-order valence-corrected chi connectivity index (χ2v) is 6.45. The van der Waals surface area contributed by atoms with Crippen LogP contribution < -0.4 is 5.73 Å². The molecule has 0 saturated carbocycles. The first kappa shape index (κ1) is 16.0. The van der Waals surface area contributed by atoms with E-state index in [1.807, 2.05) is 0 Å². The Morgan fingerprint density at radius 3 is 2.19 bits per heavy atom. The number of hydrogen-bond acceptors (Lipinski definition) is 2. The summed E-state index contributed by atoms with van der Waals surface area (Å²) < 4.78 is 5.85. The van der Waals surface area contributed by atoms with Gasteiger partial charge in [-0.05, 0) is 33.6 Å². The maximum absolute atomic E-state index is 5.87. The maximum Gasteiger partial charge on any atom is 0.127 e. The highest BCUT2D eigenvalue weighted by molar-refractivity contribution is 7.03. The molecule has 0 aromatic heterocycles. The van der Waals surface area contributed by atoms with Gasteiger partial charge in [-0.25, -0.2) is 0 Å². The predicted octanol–water partition coefficient (Wildman–Crippen LogP) is 1.87. The standard InChI is InChI=1S/C12H29B2NO/c1-7-8-16-12(5,6)14-13-11(3,4)9-10(2)15/h10,13-14H,7-9,15H2,1-6H3. The van der Waals surface area contributed by atoms with Crippen molar-refractivity contribution >= 4 is 14.3 Å². The molecule has 0 aromatic carbocycles. The summed E-state index contributed by atoms with van der Waals surface area (Å²) in [6.45, 7) is 14.1. The quantitative estimate of drug-likeness (QED) is 0.640. The molecule has 94 valence electrons. The van der Waals surface area contributed by atoms with Crippen molar-refractivity contribution in [2.24, 2.45) is 5.73 Å². The van der Waals surface area contributed by atoms with E-state index in [9.17, 15) is 0 Å². The topological polar surface area (TPSA) is 35.2 Å². The SMILES string of the molecule is CCCOC(C)(C)BBC(C)(C)CC(C)N. The van der Waals surface area contributed by atoms with Crippen LogP contribution in [-0.4, -0.2) is 32.5 Å². The molecule has 0 heterocycles. The molecule has 0 aliphatic heterocycles. The lowest BCUT2D eigenvalue weighted by atomic mass is 9.24. The third kappa shape index (κ3) is 8.23. The fourth-order valence-corrected chi connectivity index (χ4v) is 2.06. The zero-order chi connectivity index (χ0) is 12.8. The molecule has 0 aliphatic rings. The monoisotopic (exact) mass is 225 g/mol. The Morgan fingerprint density at radius 1 is 1.19 bits per heavy atom. The third-order valence-corrected chi connectivity index (χ3v) is 2.98. The average molecular weight is 225 g/mol. The molecule has 0 aliphatic carbocycles. The van der Waals surface area contributed by atoms with Crippen LogP contribution in [0.15, 0.2) is 0 Å². The van der Waals surface area contributed by atoms with Crippen molar-refractivity contribution in [3.05, 3.63) is 0 Å². The lowest BCUT2D eigenvalue weighted by molar-refractivity contribution is 0.0449. The first-order chi connectivity index (χ1) is 7.18. The zero-order valence-corrected chi connectivity index (χ0v) is 12.1. The van der Waals surface area contributed by atoms with Gasteiger partial charge < -0.3 is 10.5 Å². The predicted molar refractivity (Wildman–Crippen MR) is 76.9 cm³/mol. The molecule has 1 atom stereocenters. The summed E-state index contributed by atoms with van der Waals surface area (Å²) >= 11 is 0. The number of ether oxygens (including phenoxy) is 1. The lowest BCUT2D eigenvalue weighted by Crippen LogP contribution is -2.40. The van der Waals surface area contributed by atoms with Crippen LogP contribution >= 0.6 is 0 Å². The van der Waals surface area contributed by atoms with Gasteiger partial charge in [-0.1, -0.05) is 26.1 Å². The highest BCUT2D eigenvalue weighted by Crippen LogP contribution is 2.29. The molecule has 0 aromatic rings. The minimum atomic E-state index is 0.00508. The molecule has 0 bridgehead atoms. The second kappa shape index (κ2) is 6.70. The van der Waals surface area contributed by atoms with Gasteiger partial charge in [-0.15, -0.1) is 0 Å². The normalized spacial score (nSPS) is 14.7. The van der Waals surface area contributed by atoms with E-state index in [-0.39, 0.29) is 11.5 Å². The Morgan fingerprint density at radius 2 is 1.75 bits per heavy atom. The van der Waals surface area contributed by atoms with Crippen molar-refractivity contribution in [2.75, 3.05) is 6.61 Å². The molecule has 0 saturated heterocycles. The van der Waals surface area contributed by atoms with Gasteiger partial charge in [-0.2, -0.15) is 0 Å². The van der Waals surface area contributed by atoms with Crippen LogP contribution in [-0.2, 0) is 4.74 Å². The number of nitrogens with two attached hydrogens (primary N) is 1. The first-order valence-corrected chi connectivity index (χ1v) is 6.58. The summed E-state index contributed by atoms with van der Waals surface area (Å²) in [5.41, 5.74) is 5.87. The van der Waals surface area contributed by atoms with Crippen molar-refractivity contribution in [1.29, 1.82) is 0 Å². The van der Waals surface area contributed by atoms with Crippen LogP contribution in [0.25, 0.3) is 0 Å². The molecule has 1 unspecified atom stereocenters. The van der Waals surface area contributed by atoms with Crippen molar-refractivity contribution in [3.8, 4) is 0 Å². The molecule has 0 amide bonds. The minimum Gasteiger partial charge on any atom is -0.385 e. The molecular formula is C12H29B2NO. The van der Waals surface area contributed by atoms with Crippen LogP contribution in [0.3, 0.4) is 0 Å². The lowest BCUT2D eigenvalue weighted by Gasteiger charge is -2.31. The summed E-state index contributed by atoms with van der Waals surface area (Å²) in [7, 11) is 2.28. The largest absolute Gasteiger partial charge is 0.385 e. The van der Waals surface area contributed by atoms with Crippen molar-refractivity contribution in [3.63, 3.8) is 0 Å². The van der Waals surface area contributed by atoms with E-state index in [0.29, 0.717) is 5.31 Å². The molecule has 2 nitrogen and oxygen atoms in total. The van der Waals surface area contributed by atoms with Gasteiger partial charge in [0.05, 0.1) is 7.17 Å². The van der Waals surface area contributed by atoms with Crippen LogP contribution in [0.4, 0.5) is 0 Å². The van der Waals surface area contributed by atoms with E-state index in [0.717, 1.165) is 26.6 Å². The molecule has 0 spiro atoms. The summed E-state index contributed by atoms with van der Waals surface area (Å²) in [6, 6.07) is 0.287. The molecule has 2 N–H and O–H groups in total. The van der Waals surface area contributed by atoms with E-state index < -0.39 is 0 Å². The van der Waals surface area contributed by atoms with E-state index in [1.54, 1.807) is 0 Å². The van der Waals surface area contributed by atoms with Gasteiger partial charge in [0, 0.05) is 18.1 Å². The van der Waals surface area contributed by atoms with E-state index in [4.69, 9.17) is 10.5 Å². The second-order valence-electron chi connectivity index (χ2n) is 6.45. The number of rotatable bonds is 8. The molecular weight excluding hydrogens is 196 g/mol. The Labute approximate surface area is 103 Å². The average Bonchev–Trinajstić information content (AvgIpc) is 2.10. The molecule has 16 heavy (non-hydrogen) atoms. The van der Waals surface area contributed by atoms with Crippen LogP contribution in [0.2, 0.25) is 5.31 Å². The Kier molecular flexibility index (Phi) is 6.73. The van der Waals surface area contributed by atoms with Crippen molar-refractivity contribution in [1.82, 2.24) is 0 Å². The van der Waals surface area contributed by atoms with Crippen LogP contribution in [0, 0.1) is 0 Å².